The zero-order chi connectivity index (χ0) is 14.4. The molecule has 5 N–H and O–H groups in total. The van der Waals surface area contributed by atoms with Crippen molar-refractivity contribution in [1.82, 2.24) is 10.6 Å². The molecule has 0 saturated heterocycles. The number of carbonyl (C=O) groups excluding carboxylic acids is 2. The Bertz CT molecular complexity index is 517. The topological polar surface area (TPSA) is 139 Å². The fraction of sp³-hybridized carbons (Fsp3) is 0.200. The van der Waals surface area contributed by atoms with E-state index in [4.69, 9.17) is 5.84 Å². The van der Waals surface area contributed by atoms with E-state index in [0.717, 1.165) is 0 Å². The number of nitrogens with zero attached hydrogens (tertiary/aromatic N) is 1. The van der Waals surface area contributed by atoms with Crippen LogP contribution in [-0.2, 0) is 4.79 Å². The van der Waals surface area contributed by atoms with Gasteiger partial charge in [0.05, 0.1) is 17.0 Å². The zero-order valence-electron chi connectivity index (χ0n) is 10.1. The van der Waals surface area contributed by atoms with Crippen molar-refractivity contribution < 1.29 is 14.5 Å². The summed E-state index contributed by atoms with van der Waals surface area (Å²) in [5.74, 6) is 4.17. The van der Waals surface area contributed by atoms with Crippen LogP contribution in [0.4, 0.5) is 11.4 Å². The summed E-state index contributed by atoms with van der Waals surface area (Å²) in [6.45, 7) is -0.234. The number of likely N-dealkylation sites (N-methyl/N-ethyl adjacent to an activating group) is 1. The van der Waals surface area contributed by atoms with Crippen LogP contribution in [0.15, 0.2) is 18.2 Å². The summed E-state index contributed by atoms with van der Waals surface area (Å²) in [5, 5.41) is 15.4. The lowest BCUT2D eigenvalue weighted by atomic mass is 10.1. The van der Waals surface area contributed by atoms with E-state index in [9.17, 15) is 19.7 Å². The van der Waals surface area contributed by atoms with Crippen LogP contribution < -0.4 is 21.9 Å². The molecule has 0 saturated carbocycles. The number of anilines is 1. The van der Waals surface area contributed by atoms with Crippen LogP contribution in [0.3, 0.4) is 0 Å². The number of nitro benzene ring substituents is 1. The highest BCUT2D eigenvalue weighted by molar-refractivity contribution is 6.02. The van der Waals surface area contributed by atoms with Crippen LogP contribution in [0.1, 0.15) is 10.4 Å². The molecule has 0 atom stereocenters. The average Bonchev–Trinajstić information content (AvgIpc) is 2.43. The van der Waals surface area contributed by atoms with Crippen LogP contribution in [0.5, 0.6) is 0 Å². The number of hydrogen-bond acceptors (Lipinski definition) is 6. The Morgan fingerprint density at radius 3 is 2.63 bits per heavy atom. The average molecular weight is 267 g/mol. The lowest BCUT2D eigenvalue weighted by Gasteiger charge is -2.09. The molecule has 9 heteroatoms. The third-order valence-electron chi connectivity index (χ3n) is 2.32. The van der Waals surface area contributed by atoms with Gasteiger partial charge in [0.15, 0.2) is 0 Å². The van der Waals surface area contributed by atoms with Crippen molar-refractivity contribution in [3.8, 4) is 0 Å². The molecule has 0 aliphatic heterocycles. The number of carbonyl (C=O) groups is 2. The first-order valence-corrected chi connectivity index (χ1v) is 5.24. The number of hydrazine groups is 1. The Balaban J connectivity index is 3.00. The maximum absolute atomic E-state index is 11.8. The molecule has 0 radical (unpaired) electrons. The Hall–Kier alpha value is -2.68. The molecule has 102 valence electrons. The minimum Gasteiger partial charge on any atom is -0.358 e. The van der Waals surface area contributed by atoms with E-state index in [0.29, 0.717) is 0 Å². The molecule has 0 bridgehead atoms. The second kappa shape index (κ2) is 6.31. The Morgan fingerprint density at radius 1 is 1.42 bits per heavy atom. The second-order valence-electron chi connectivity index (χ2n) is 3.46. The summed E-state index contributed by atoms with van der Waals surface area (Å²) < 4.78 is 0. The number of benzene rings is 1. The van der Waals surface area contributed by atoms with E-state index in [2.05, 4.69) is 16.1 Å². The van der Waals surface area contributed by atoms with Crippen LogP contribution in [0.25, 0.3) is 0 Å². The zero-order valence-corrected chi connectivity index (χ0v) is 10.1. The first-order chi connectivity index (χ1) is 9.01. The summed E-state index contributed by atoms with van der Waals surface area (Å²) in [7, 11) is 1.43. The molecule has 0 fully saturated rings. The van der Waals surface area contributed by atoms with Gasteiger partial charge in [-0.05, 0) is 6.07 Å². The number of rotatable bonds is 5. The van der Waals surface area contributed by atoms with E-state index < -0.39 is 10.8 Å². The summed E-state index contributed by atoms with van der Waals surface area (Å²) >= 11 is 0. The van der Waals surface area contributed by atoms with E-state index in [1.807, 2.05) is 0 Å². The van der Waals surface area contributed by atoms with Gasteiger partial charge in [-0.2, -0.15) is 0 Å². The molecule has 1 aromatic rings. The predicted molar refractivity (Wildman–Crippen MR) is 67.3 cm³/mol. The minimum absolute atomic E-state index is 0.0133. The van der Waals surface area contributed by atoms with Gasteiger partial charge in [-0.3, -0.25) is 25.5 Å². The van der Waals surface area contributed by atoms with E-state index >= 15 is 0 Å². The molecule has 1 aromatic carbocycles. The minimum atomic E-state index is -0.662. The van der Waals surface area contributed by atoms with E-state index in [1.165, 1.54) is 25.2 Å². The third-order valence-corrected chi connectivity index (χ3v) is 2.32. The lowest BCUT2D eigenvalue weighted by Crippen LogP contribution is -2.35. The maximum Gasteiger partial charge on any atom is 0.294 e. The maximum atomic E-state index is 11.8. The number of nitrogens with two attached hydrogens (primary N) is 1. The number of hydrogen-bond donors (Lipinski definition) is 4. The van der Waals surface area contributed by atoms with Gasteiger partial charge in [-0.15, -0.1) is 0 Å². The van der Waals surface area contributed by atoms with Crippen molar-refractivity contribution in [2.45, 2.75) is 0 Å². The standard InChI is InChI=1S/C10H13N5O4/c1-12-8(16)5-13-10(17)6-3-2-4-7(15(18)19)9(6)14-11/h2-4,14H,5,11H2,1H3,(H,12,16)(H,13,17). The normalized spacial score (nSPS) is 9.58. The van der Waals surface area contributed by atoms with Gasteiger partial charge in [0.25, 0.3) is 11.6 Å². The van der Waals surface area contributed by atoms with Gasteiger partial charge in [-0.25, -0.2) is 0 Å². The van der Waals surface area contributed by atoms with Gasteiger partial charge < -0.3 is 16.1 Å². The highest BCUT2D eigenvalue weighted by atomic mass is 16.6. The highest BCUT2D eigenvalue weighted by Gasteiger charge is 2.20. The van der Waals surface area contributed by atoms with Gasteiger partial charge in [-0.1, -0.05) is 6.07 Å². The number of nitrogen functional groups attached to an aromatic ring is 1. The first-order valence-electron chi connectivity index (χ1n) is 5.24. The molecule has 0 unspecified atom stereocenters. The summed E-state index contributed by atoms with van der Waals surface area (Å²) in [6, 6.07) is 3.93. The third kappa shape index (κ3) is 3.39. The van der Waals surface area contributed by atoms with Crippen molar-refractivity contribution in [2.75, 3.05) is 19.0 Å². The van der Waals surface area contributed by atoms with Crippen LogP contribution in [0, 0.1) is 10.1 Å². The van der Waals surface area contributed by atoms with Crippen LogP contribution >= 0.6 is 0 Å². The lowest BCUT2D eigenvalue weighted by molar-refractivity contribution is -0.384. The van der Waals surface area contributed by atoms with Gasteiger partial charge in [0, 0.05) is 13.1 Å². The number of nitro groups is 1. The fourth-order valence-corrected chi connectivity index (χ4v) is 1.38. The molecule has 0 aliphatic rings. The molecule has 0 aliphatic carbocycles. The quantitative estimate of drug-likeness (QED) is 0.318. The second-order valence-corrected chi connectivity index (χ2v) is 3.46. The smallest absolute Gasteiger partial charge is 0.294 e. The molecule has 2 amide bonds. The molecular formula is C10H13N5O4. The monoisotopic (exact) mass is 267 g/mol. The molecule has 0 aromatic heterocycles. The molecule has 19 heavy (non-hydrogen) atoms. The van der Waals surface area contributed by atoms with E-state index in [-0.39, 0.29) is 29.4 Å². The van der Waals surface area contributed by atoms with Crippen molar-refractivity contribution in [3.05, 3.63) is 33.9 Å². The Kier molecular flexibility index (Phi) is 4.77. The molecule has 0 heterocycles. The SMILES string of the molecule is CNC(=O)CNC(=O)c1cccc([N+](=O)[O-])c1NN. The van der Waals surface area contributed by atoms with Crippen molar-refractivity contribution in [3.63, 3.8) is 0 Å². The first kappa shape index (κ1) is 14.4. The number of para-hydroxylation sites is 1. The fourth-order valence-electron chi connectivity index (χ4n) is 1.38. The van der Waals surface area contributed by atoms with Gasteiger partial charge >= 0.3 is 0 Å². The number of nitrogens with one attached hydrogen (secondary N) is 3. The van der Waals surface area contributed by atoms with Crippen molar-refractivity contribution in [1.29, 1.82) is 0 Å². The van der Waals surface area contributed by atoms with Crippen molar-refractivity contribution in [2.24, 2.45) is 5.84 Å². The Labute approximate surface area is 108 Å². The largest absolute Gasteiger partial charge is 0.358 e. The predicted octanol–water partition coefficient (Wildman–Crippen LogP) is -0.644. The molecular weight excluding hydrogens is 254 g/mol. The Morgan fingerprint density at radius 2 is 2.11 bits per heavy atom. The van der Waals surface area contributed by atoms with Gasteiger partial charge in [0.2, 0.25) is 5.91 Å². The summed E-state index contributed by atoms with van der Waals surface area (Å²) in [6.07, 6.45) is 0. The van der Waals surface area contributed by atoms with E-state index in [1.54, 1.807) is 0 Å². The van der Waals surface area contributed by atoms with Crippen LogP contribution in [0.2, 0.25) is 0 Å². The molecule has 1 rings (SSSR count). The van der Waals surface area contributed by atoms with Gasteiger partial charge in [0.1, 0.15) is 5.69 Å². The van der Waals surface area contributed by atoms with Crippen molar-refractivity contribution >= 4 is 23.2 Å². The summed E-state index contributed by atoms with van der Waals surface area (Å²) in [5.41, 5.74) is 1.68. The number of amides is 2. The summed E-state index contributed by atoms with van der Waals surface area (Å²) in [4.78, 5) is 32.9. The molecule has 0 spiro atoms. The van der Waals surface area contributed by atoms with Crippen LogP contribution in [-0.4, -0.2) is 30.3 Å². The molecule has 9 nitrogen and oxygen atoms in total. The highest BCUT2D eigenvalue weighted by Crippen LogP contribution is 2.27.